The fourth-order valence-electron chi connectivity index (χ4n) is 8.43. The first-order valence-electron chi connectivity index (χ1n) is 25.3. The molecule has 0 aliphatic rings. The van der Waals surface area contributed by atoms with Crippen molar-refractivity contribution in [1.29, 1.82) is 10.5 Å². The Labute approximate surface area is 419 Å². The van der Waals surface area contributed by atoms with Gasteiger partial charge in [-0.25, -0.2) is 4.98 Å². The molecule has 11 rings (SSSR count). The van der Waals surface area contributed by atoms with Crippen molar-refractivity contribution in [3.05, 3.63) is 234 Å². The van der Waals surface area contributed by atoms with Gasteiger partial charge >= 0.3 is 20.1 Å². The van der Waals surface area contributed by atoms with E-state index < -0.39 is 25.5 Å². The molecule has 8 heteroatoms. The summed E-state index contributed by atoms with van der Waals surface area (Å²) in [6, 6.07) is 60.4. The van der Waals surface area contributed by atoms with Gasteiger partial charge in [0.15, 0.2) is 5.69 Å². The van der Waals surface area contributed by atoms with Crippen LogP contribution in [0.4, 0.5) is 0 Å². The first kappa shape index (κ1) is 34.9. The van der Waals surface area contributed by atoms with Gasteiger partial charge in [-0.1, -0.05) is 97.1 Å². The molecule has 0 N–H and O–H groups in total. The van der Waals surface area contributed by atoms with Crippen molar-refractivity contribution in [1.82, 2.24) is 24.3 Å². The molecule has 0 aliphatic heterocycles. The number of hydrogen-bond donors (Lipinski definition) is 0. The predicted molar refractivity (Wildman–Crippen MR) is 264 cm³/mol. The van der Waals surface area contributed by atoms with Crippen molar-refractivity contribution in [2.45, 2.75) is 25.5 Å². The van der Waals surface area contributed by atoms with Gasteiger partial charge in [0.05, 0.1) is 5.52 Å². The number of nitrogens with zero attached hydrogens (tertiary/aromatic N) is 7. The number of pyridine rings is 4. The molecule has 0 bridgehead atoms. The summed E-state index contributed by atoms with van der Waals surface area (Å²) in [4.78, 5) is 18.5. The Morgan fingerprint density at radius 1 is 0.529 bits per heavy atom. The van der Waals surface area contributed by atoms with Gasteiger partial charge in [-0.3, -0.25) is 0 Å². The number of aryl methyl sites for hydroxylation is 4. The number of benzene rings is 6. The molecule has 0 atom stereocenters. The van der Waals surface area contributed by atoms with Gasteiger partial charge in [0.25, 0.3) is 0 Å². The minimum absolute atomic E-state index is 0. The number of rotatable bonds is 11. The van der Waals surface area contributed by atoms with E-state index in [1.54, 1.807) is 59.1 Å². The molecule has 0 amide bonds. The average Bonchev–Trinajstić information content (AvgIpc) is 3.88. The maximum atomic E-state index is 10.6. The third kappa shape index (κ3) is 8.36. The maximum absolute atomic E-state index is 10.6. The summed E-state index contributed by atoms with van der Waals surface area (Å²) in [5.74, 6) is -0.00618. The van der Waals surface area contributed by atoms with Gasteiger partial charge in [0.2, 0.25) is 5.82 Å². The normalized spacial score (nSPS) is 13.6. The smallest absolute Gasteiger partial charge is 0.325 e. The molecule has 322 valence electrons. The molecule has 0 radical (unpaired) electrons. The van der Waals surface area contributed by atoms with E-state index in [1.807, 2.05) is 84.9 Å². The van der Waals surface area contributed by atoms with Crippen LogP contribution in [-0.4, -0.2) is 24.3 Å². The van der Waals surface area contributed by atoms with Crippen LogP contribution in [0.15, 0.2) is 182 Å². The summed E-state index contributed by atoms with van der Waals surface area (Å²) in [7, 11) is 0. The van der Waals surface area contributed by atoms with Crippen LogP contribution in [0.3, 0.4) is 0 Å². The minimum atomic E-state index is -2.90. The molecule has 0 saturated carbocycles. The van der Waals surface area contributed by atoms with Crippen LogP contribution < -0.4 is 0 Å². The largest absolute Gasteiger partial charge is 3.00 e. The van der Waals surface area contributed by atoms with Gasteiger partial charge in [-0.15, -0.1) is 101 Å². The fraction of sp³-hybridized carbons (Fsp3) is 0.0667. The van der Waals surface area contributed by atoms with E-state index in [-0.39, 0.29) is 59.4 Å². The molecule has 11 aromatic rings. The standard InChI is InChI=1S/C60H38N7.Ir/c61-35-54-60-58-57(46-18-8-3-9-19-46)51(39-65-59(58)50-22-12-13-23-55(50)67(60)56(36-62)66-54)49-21-11-10-20-48(49)47-33-42(26-24-40-28-30-52(63-37-40)44-14-4-1-5-15-44)32-43(34-47)27-25-41-29-31-53(64-38-41)45-16-6-2-7-17-45;/h1-14,16,18-21,23,28-34,37-39H,24-27H2;/q-3;+3/i24D2,25D2,26D2,27D2;. The molecule has 0 fully saturated rings. The summed E-state index contributed by atoms with van der Waals surface area (Å²) >= 11 is 0. The third-order valence-electron chi connectivity index (χ3n) is 11.4. The van der Waals surface area contributed by atoms with Crippen molar-refractivity contribution < 1.29 is 31.1 Å². The molecule has 7 nitrogen and oxygen atoms in total. The number of nitriles is 2. The van der Waals surface area contributed by atoms with E-state index in [0.29, 0.717) is 77.7 Å². The Morgan fingerprint density at radius 3 is 1.72 bits per heavy atom. The zero-order valence-corrected chi connectivity index (χ0v) is 38.2. The average molecular weight is 1060 g/mol. The first-order chi connectivity index (χ1) is 36.1. The van der Waals surface area contributed by atoms with E-state index in [9.17, 15) is 21.5 Å². The zero-order chi connectivity index (χ0) is 52.3. The molecule has 0 saturated heterocycles. The van der Waals surface area contributed by atoms with E-state index in [1.165, 1.54) is 42.7 Å². The summed E-state index contributed by atoms with van der Waals surface area (Å²) in [5.41, 5.74) is 6.13. The summed E-state index contributed by atoms with van der Waals surface area (Å²) in [6.07, 6.45) is -7.11. The molecule has 5 aromatic heterocycles. The van der Waals surface area contributed by atoms with Crippen LogP contribution in [0.1, 0.15) is 44.7 Å². The Balaban J connectivity index is 0.00000657. The quantitative estimate of drug-likeness (QED) is 0.0944. The molecule has 0 spiro atoms. The fourth-order valence-corrected chi connectivity index (χ4v) is 8.43. The van der Waals surface area contributed by atoms with Crippen LogP contribution in [0.25, 0.3) is 83.2 Å². The van der Waals surface area contributed by atoms with Crippen molar-refractivity contribution in [3.63, 3.8) is 0 Å². The van der Waals surface area contributed by atoms with Gasteiger partial charge in [0.1, 0.15) is 12.1 Å². The molecular formula is C60H38IrN7. The molecule has 0 aliphatic carbocycles. The van der Waals surface area contributed by atoms with E-state index in [4.69, 9.17) is 4.98 Å². The van der Waals surface area contributed by atoms with Crippen molar-refractivity contribution in [2.24, 2.45) is 0 Å². The summed E-state index contributed by atoms with van der Waals surface area (Å²) < 4.78 is 78.5. The van der Waals surface area contributed by atoms with Gasteiger partial charge in [-0.2, -0.15) is 10.5 Å². The molecular weight excluding hydrogens is 1010 g/mol. The molecule has 68 heavy (non-hydrogen) atoms. The Bertz CT molecular complexity index is 3960. The van der Waals surface area contributed by atoms with E-state index in [0.717, 1.165) is 0 Å². The molecule has 0 unspecified atom stereocenters. The van der Waals surface area contributed by atoms with Crippen LogP contribution in [0, 0.1) is 40.9 Å². The van der Waals surface area contributed by atoms with Crippen molar-refractivity contribution in [2.75, 3.05) is 0 Å². The van der Waals surface area contributed by atoms with Crippen LogP contribution in [0.2, 0.25) is 0 Å². The molecule has 6 aromatic carbocycles. The Morgan fingerprint density at radius 2 is 1.13 bits per heavy atom. The number of imidazole rings is 1. The Kier molecular flexibility index (Phi) is 9.86. The van der Waals surface area contributed by atoms with Crippen molar-refractivity contribution >= 4 is 27.3 Å². The second-order valence-corrected chi connectivity index (χ2v) is 15.5. The summed E-state index contributed by atoms with van der Waals surface area (Å²) in [5, 5.41) is 22.1. The predicted octanol–water partition coefficient (Wildman–Crippen LogP) is 12.9. The topological polar surface area (TPSA) is 104 Å². The maximum Gasteiger partial charge on any atom is 3.00 e. The van der Waals surface area contributed by atoms with Crippen molar-refractivity contribution in [3.8, 4) is 68.0 Å². The van der Waals surface area contributed by atoms with Crippen LogP contribution >= 0.6 is 0 Å². The second kappa shape index (κ2) is 19.2. The second-order valence-electron chi connectivity index (χ2n) is 15.5. The number of fused-ring (bicyclic) bond motifs is 6. The Hall–Kier alpha value is -8.39. The monoisotopic (exact) mass is 1060 g/mol. The molecule has 5 heterocycles. The SMILES string of the molecule is [2H]C([2H])(c1ccc(-c2[c-]cccc2)nc1)C([2H])([2H])c1cc(-c2ccccc2-c2cnc3c4[c-]cccc4n4c(C#N)nc(C#N)c4c3c2-c2ccccc2)cc(C([2H])([2H])C([2H])([2H])c2ccc(-c3[c-]cccc3)nc2)c1.[Ir+3]. The number of aromatic nitrogens is 5. The van der Waals surface area contributed by atoms with Crippen LogP contribution in [-0.2, 0) is 45.6 Å². The minimum Gasteiger partial charge on any atom is -0.325 e. The number of hydrogen-bond acceptors (Lipinski definition) is 6. The van der Waals surface area contributed by atoms with Gasteiger partial charge in [0, 0.05) is 40.6 Å². The van der Waals surface area contributed by atoms with Gasteiger partial charge in [-0.05, 0) is 97.9 Å². The first-order valence-corrected chi connectivity index (χ1v) is 21.3. The van der Waals surface area contributed by atoms with Crippen LogP contribution in [0.5, 0.6) is 0 Å². The summed E-state index contributed by atoms with van der Waals surface area (Å²) in [6.45, 7) is 0. The third-order valence-corrected chi connectivity index (χ3v) is 11.4. The van der Waals surface area contributed by atoms with E-state index >= 15 is 0 Å². The van der Waals surface area contributed by atoms with Gasteiger partial charge < -0.3 is 19.4 Å². The zero-order valence-electron chi connectivity index (χ0n) is 43.8. The van der Waals surface area contributed by atoms with E-state index in [2.05, 4.69) is 45.3 Å².